The van der Waals surface area contributed by atoms with E-state index in [0.29, 0.717) is 6.54 Å². The van der Waals surface area contributed by atoms with Crippen molar-refractivity contribution in [2.75, 3.05) is 40.0 Å². The highest BCUT2D eigenvalue weighted by Gasteiger charge is 2.32. The normalized spacial score (nSPS) is 21.6. The molecular formula is C23H32IN3O3S. The summed E-state index contributed by atoms with van der Waals surface area (Å²) < 4.78 is 17.1. The third kappa shape index (κ3) is 6.34. The van der Waals surface area contributed by atoms with E-state index in [1.807, 2.05) is 12.1 Å². The fourth-order valence-electron chi connectivity index (χ4n) is 3.97. The first-order chi connectivity index (χ1) is 14.8. The van der Waals surface area contributed by atoms with Gasteiger partial charge in [0.1, 0.15) is 11.9 Å². The third-order valence-corrected chi connectivity index (χ3v) is 6.49. The fourth-order valence-corrected chi connectivity index (χ4v) is 4.78. The van der Waals surface area contributed by atoms with Crippen molar-refractivity contribution in [1.82, 2.24) is 10.2 Å². The van der Waals surface area contributed by atoms with Gasteiger partial charge in [-0.25, -0.2) is 4.99 Å². The first kappa shape index (κ1) is 24.3. The molecular weight excluding hydrogens is 525 g/mol. The molecule has 6 nitrogen and oxygen atoms in total. The molecule has 2 aliphatic rings. The molecule has 2 unspecified atom stereocenters. The zero-order chi connectivity index (χ0) is 20.8. The molecule has 170 valence electrons. The fraction of sp³-hybridized carbons (Fsp3) is 0.522. The largest absolute Gasteiger partial charge is 0.497 e. The number of rotatable bonds is 6. The highest BCUT2D eigenvalue weighted by molar-refractivity contribution is 14.0. The summed E-state index contributed by atoms with van der Waals surface area (Å²) in [6.45, 7) is 6.89. The number of benzene rings is 1. The van der Waals surface area contributed by atoms with E-state index in [9.17, 15) is 0 Å². The van der Waals surface area contributed by atoms with Crippen LogP contribution < -0.4 is 10.1 Å². The molecule has 2 atom stereocenters. The predicted molar refractivity (Wildman–Crippen MR) is 137 cm³/mol. The molecule has 0 spiro atoms. The number of aliphatic imine (C=N–C) groups is 1. The number of hydrogen-bond donors (Lipinski definition) is 1. The summed E-state index contributed by atoms with van der Waals surface area (Å²) in [6.07, 6.45) is 2.58. The number of guanidine groups is 1. The Balaban J connectivity index is 0.00000272. The lowest BCUT2D eigenvalue weighted by Gasteiger charge is -2.37. The minimum Gasteiger partial charge on any atom is -0.497 e. The van der Waals surface area contributed by atoms with Crippen LogP contribution in [0.1, 0.15) is 24.6 Å². The van der Waals surface area contributed by atoms with Crippen molar-refractivity contribution in [2.45, 2.75) is 38.5 Å². The first-order valence-corrected chi connectivity index (χ1v) is 11.6. The number of thiophene rings is 1. The minimum atomic E-state index is 0. The Bertz CT molecular complexity index is 837. The molecule has 2 aromatic rings. The number of nitrogens with zero attached hydrogens (tertiary/aromatic N) is 2. The Morgan fingerprint density at radius 3 is 2.71 bits per heavy atom. The van der Waals surface area contributed by atoms with Crippen LogP contribution in [0.15, 0.2) is 40.7 Å². The quantitative estimate of drug-likeness (QED) is 0.325. The van der Waals surface area contributed by atoms with E-state index in [-0.39, 0.29) is 36.2 Å². The van der Waals surface area contributed by atoms with Crippen molar-refractivity contribution >= 4 is 41.3 Å². The molecule has 1 aromatic heterocycles. The topological polar surface area (TPSA) is 55.3 Å². The lowest BCUT2D eigenvalue weighted by Crippen LogP contribution is -2.53. The lowest BCUT2D eigenvalue weighted by molar-refractivity contribution is -0.0817. The van der Waals surface area contributed by atoms with Crippen molar-refractivity contribution < 1.29 is 14.2 Å². The van der Waals surface area contributed by atoms with Crippen LogP contribution in [-0.2, 0) is 16.0 Å². The first-order valence-electron chi connectivity index (χ1n) is 10.7. The van der Waals surface area contributed by atoms with E-state index in [0.717, 1.165) is 57.4 Å². The van der Waals surface area contributed by atoms with E-state index in [1.165, 1.54) is 16.0 Å². The summed E-state index contributed by atoms with van der Waals surface area (Å²) >= 11 is 1.75. The van der Waals surface area contributed by atoms with Crippen LogP contribution in [0.3, 0.4) is 0 Å². The van der Waals surface area contributed by atoms with Crippen LogP contribution in [0.2, 0.25) is 0 Å². The summed E-state index contributed by atoms with van der Waals surface area (Å²) in [6, 6.07) is 10.4. The highest BCUT2D eigenvalue weighted by Crippen LogP contribution is 2.28. The Hall–Kier alpha value is -1.36. The minimum absolute atomic E-state index is 0. The lowest BCUT2D eigenvalue weighted by atomic mass is 10.1. The van der Waals surface area contributed by atoms with Gasteiger partial charge < -0.3 is 24.4 Å². The van der Waals surface area contributed by atoms with Crippen LogP contribution in [0.4, 0.5) is 0 Å². The molecule has 0 saturated carbocycles. The molecule has 4 rings (SSSR count). The number of ether oxygens (including phenoxy) is 3. The SMILES string of the molecule is CCNC(=NCc1cc(-c2ccc(OC)cc2)cs1)N1CCOC(C2CCCO2)C1.I. The van der Waals surface area contributed by atoms with Gasteiger partial charge in [0.2, 0.25) is 0 Å². The number of halogens is 1. The van der Waals surface area contributed by atoms with Gasteiger partial charge in [0.25, 0.3) is 0 Å². The van der Waals surface area contributed by atoms with Crippen molar-refractivity contribution in [3.63, 3.8) is 0 Å². The van der Waals surface area contributed by atoms with Crippen molar-refractivity contribution in [3.05, 3.63) is 40.6 Å². The van der Waals surface area contributed by atoms with E-state index in [1.54, 1.807) is 18.4 Å². The molecule has 2 saturated heterocycles. The van der Waals surface area contributed by atoms with Crippen LogP contribution in [0.25, 0.3) is 11.1 Å². The number of morpholine rings is 1. The second-order valence-electron chi connectivity index (χ2n) is 7.61. The average Bonchev–Trinajstić information content (AvgIpc) is 3.49. The van der Waals surface area contributed by atoms with Gasteiger partial charge in [-0.3, -0.25) is 0 Å². The molecule has 0 aliphatic carbocycles. The molecule has 0 amide bonds. The van der Waals surface area contributed by atoms with Crippen molar-refractivity contribution in [1.29, 1.82) is 0 Å². The van der Waals surface area contributed by atoms with E-state index < -0.39 is 0 Å². The second kappa shape index (κ2) is 12.0. The van der Waals surface area contributed by atoms with Gasteiger partial charge in [-0.2, -0.15) is 0 Å². The number of methoxy groups -OCH3 is 1. The highest BCUT2D eigenvalue weighted by atomic mass is 127. The van der Waals surface area contributed by atoms with E-state index >= 15 is 0 Å². The zero-order valence-corrected chi connectivity index (χ0v) is 21.4. The summed E-state index contributed by atoms with van der Waals surface area (Å²) in [7, 11) is 1.69. The molecule has 1 aromatic carbocycles. The summed E-state index contributed by atoms with van der Waals surface area (Å²) in [5.74, 6) is 1.84. The molecule has 8 heteroatoms. The van der Waals surface area contributed by atoms with Gasteiger partial charge in [0.15, 0.2) is 5.96 Å². The Morgan fingerprint density at radius 1 is 1.19 bits per heavy atom. The van der Waals surface area contributed by atoms with Crippen LogP contribution in [0, 0.1) is 0 Å². The number of nitrogens with one attached hydrogen (secondary N) is 1. The smallest absolute Gasteiger partial charge is 0.194 e. The second-order valence-corrected chi connectivity index (χ2v) is 8.60. The van der Waals surface area contributed by atoms with Crippen LogP contribution in [0.5, 0.6) is 5.75 Å². The third-order valence-electron chi connectivity index (χ3n) is 5.57. The molecule has 2 aliphatic heterocycles. The van der Waals surface area contributed by atoms with Gasteiger partial charge in [0.05, 0.1) is 26.4 Å². The van der Waals surface area contributed by atoms with Gasteiger partial charge in [-0.1, -0.05) is 12.1 Å². The van der Waals surface area contributed by atoms with E-state index in [2.05, 4.69) is 40.7 Å². The van der Waals surface area contributed by atoms with Gasteiger partial charge in [0, 0.05) is 31.1 Å². The average molecular weight is 557 g/mol. The maximum atomic E-state index is 6.00. The number of hydrogen-bond acceptors (Lipinski definition) is 5. The van der Waals surface area contributed by atoms with E-state index in [4.69, 9.17) is 19.2 Å². The maximum absolute atomic E-state index is 6.00. The molecule has 0 radical (unpaired) electrons. The van der Waals surface area contributed by atoms with Crippen molar-refractivity contribution in [2.24, 2.45) is 4.99 Å². The Morgan fingerprint density at radius 2 is 2.00 bits per heavy atom. The van der Waals surface area contributed by atoms with Crippen molar-refractivity contribution in [3.8, 4) is 16.9 Å². The monoisotopic (exact) mass is 557 g/mol. The predicted octanol–water partition coefficient (Wildman–Crippen LogP) is 4.39. The van der Waals surface area contributed by atoms with Gasteiger partial charge in [-0.05, 0) is 54.5 Å². The summed E-state index contributed by atoms with van der Waals surface area (Å²) in [5, 5.41) is 5.65. The summed E-state index contributed by atoms with van der Waals surface area (Å²) in [4.78, 5) is 8.50. The standard InChI is InChI=1S/C23H31N3O3S.HI/c1-3-24-23(26-10-12-29-22(15-26)21-5-4-11-28-21)25-14-20-13-18(16-30-20)17-6-8-19(27-2)9-7-17;/h6-9,13,16,21-22H,3-5,10-12,14-15H2,1-2H3,(H,24,25);1H. The molecule has 3 heterocycles. The van der Waals surface area contributed by atoms with Crippen LogP contribution >= 0.6 is 35.3 Å². The maximum Gasteiger partial charge on any atom is 0.194 e. The molecule has 1 N–H and O–H groups in total. The Labute approximate surface area is 206 Å². The summed E-state index contributed by atoms with van der Waals surface area (Å²) in [5.41, 5.74) is 2.42. The van der Waals surface area contributed by atoms with Gasteiger partial charge >= 0.3 is 0 Å². The van der Waals surface area contributed by atoms with Gasteiger partial charge in [-0.15, -0.1) is 35.3 Å². The van der Waals surface area contributed by atoms with Crippen LogP contribution in [-0.4, -0.2) is 63.0 Å². The molecule has 0 bridgehead atoms. The zero-order valence-electron chi connectivity index (χ0n) is 18.2. The Kier molecular flexibility index (Phi) is 9.43. The molecule has 31 heavy (non-hydrogen) atoms. The molecule has 2 fully saturated rings.